The first kappa shape index (κ1) is 13.8. The van der Waals surface area contributed by atoms with Crippen LogP contribution in [0.4, 0.5) is 0 Å². The molecule has 1 heterocycles. The van der Waals surface area contributed by atoms with Gasteiger partial charge in [-0.25, -0.2) is 0 Å². The molecule has 0 aromatic carbocycles. The van der Waals surface area contributed by atoms with Crippen LogP contribution in [-0.2, 0) is 4.79 Å². The molecule has 0 bridgehead atoms. The van der Waals surface area contributed by atoms with Crippen molar-refractivity contribution in [1.29, 1.82) is 0 Å². The third kappa shape index (κ3) is 3.04. The molecular formula is C14H27N3O. The highest BCUT2D eigenvalue weighted by Gasteiger charge is 2.38. The minimum atomic E-state index is -0.595. The average Bonchev–Trinajstić information content (AvgIpc) is 2.77. The molecule has 1 aliphatic carbocycles. The maximum absolute atomic E-state index is 11.4. The Labute approximate surface area is 110 Å². The van der Waals surface area contributed by atoms with Gasteiger partial charge in [0.25, 0.3) is 0 Å². The largest absolute Gasteiger partial charge is 0.368 e. The number of rotatable bonds is 4. The van der Waals surface area contributed by atoms with Crippen molar-refractivity contribution in [3.05, 3.63) is 0 Å². The third-order valence-corrected chi connectivity index (χ3v) is 4.60. The zero-order chi connectivity index (χ0) is 13.2. The summed E-state index contributed by atoms with van der Waals surface area (Å²) in [5.41, 5.74) is 4.86. The third-order valence-electron chi connectivity index (χ3n) is 4.60. The predicted octanol–water partition coefficient (Wildman–Crippen LogP) is 1.15. The summed E-state index contributed by atoms with van der Waals surface area (Å²) in [5.74, 6) is 0.397. The van der Waals surface area contributed by atoms with Crippen LogP contribution in [0.15, 0.2) is 0 Å². The van der Waals surface area contributed by atoms with E-state index in [-0.39, 0.29) is 5.91 Å². The number of carbonyl (C=O) groups is 1. The van der Waals surface area contributed by atoms with Crippen LogP contribution in [0.2, 0.25) is 0 Å². The lowest BCUT2D eigenvalue weighted by Crippen LogP contribution is -2.57. The van der Waals surface area contributed by atoms with Crippen molar-refractivity contribution in [2.24, 2.45) is 11.7 Å². The van der Waals surface area contributed by atoms with Gasteiger partial charge >= 0.3 is 0 Å². The molecule has 18 heavy (non-hydrogen) atoms. The maximum Gasteiger partial charge on any atom is 0.237 e. The van der Waals surface area contributed by atoms with Gasteiger partial charge in [-0.05, 0) is 52.0 Å². The molecule has 3 atom stereocenters. The monoisotopic (exact) mass is 253 g/mol. The Bertz CT molecular complexity index is 297. The number of hydrogen-bond donors (Lipinski definition) is 3. The van der Waals surface area contributed by atoms with Crippen molar-refractivity contribution in [1.82, 2.24) is 10.6 Å². The Hall–Kier alpha value is -0.610. The summed E-state index contributed by atoms with van der Waals surface area (Å²) < 4.78 is 0. The van der Waals surface area contributed by atoms with Gasteiger partial charge in [0.05, 0.1) is 5.54 Å². The van der Waals surface area contributed by atoms with Gasteiger partial charge < -0.3 is 16.4 Å². The van der Waals surface area contributed by atoms with E-state index < -0.39 is 5.54 Å². The van der Waals surface area contributed by atoms with Crippen molar-refractivity contribution < 1.29 is 4.79 Å². The van der Waals surface area contributed by atoms with Gasteiger partial charge in [0.1, 0.15) is 0 Å². The van der Waals surface area contributed by atoms with Crippen molar-refractivity contribution in [2.45, 2.75) is 70.0 Å². The summed E-state index contributed by atoms with van der Waals surface area (Å²) in [6.07, 6.45) is 7.60. The molecule has 2 aliphatic rings. The lowest BCUT2D eigenvalue weighted by molar-refractivity contribution is -0.123. The molecule has 0 aromatic heterocycles. The predicted molar refractivity (Wildman–Crippen MR) is 73.2 cm³/mol. The number of amides is 1. The van der Waals surface area contributed by atoms with E-state index in [1.165, 1.54) is 38.5 Å². The number of nitrogens with one attached hydrogen (secondary N) is 2. The van der Waals surface area contributed by atoms with Gasteiger partial charge in [0.2, 0.25) is 5.91 Å². The van der Waals surface area contributed by atoms with E-state index >= 15 is 0 Å². The van der Waals surface area contributed by atoms with Gasteiger partial charge in [-0.1, -0.05) is 12.8 Å². The highest BCUT2D eigenvalue weighted by molar-refractivity contribution is 5.83. The van der Waals surface area contributed by atoms with Crippen LogP contribution in [0.1, 0.15) is 52.4 Å². The zero-order valence-corrected chi connectivity index (χ0v) is 11.7. The van der Waals surface area contributed by atoms with Crippen molar-refractivity contribution in [3.63, 3.8) is 0 Å². The van der Waals surface area contributed by atoms with Gasteiger partial charge in [0.15, 0.2) is 0 Å². The second-order valence-electron chi connectivity index (χ2n) is 6.39. The van der Waals surface area contributed by atoms with Crippen LogP contribution in [0.3, 0.4) is 0 Å². The molecule has 4 N–H and O–H groups in total. The molecule has 4 nitrogen and oxygen atoms in total. The van der Waals surface area contributed by atoms with Crippen molar-refractivity contribution >= 4 is 5.91 Å². The van der Waals surface area contributed by atoms with E-state index in [2.05, 4.69) is 10.6 Å². The van der Waals surface area contributed by atoms with Crippen LogP contribution in [0.25, 0.3) is 0 Å². The second kappa shape index (κ2) is 5.57. The Balaban J connectivity index is 1.96. The SMILES string of the molecule is CC(C)(NC1CCCC1C1CCCCN1)C(N)=O. The number of piperidine rings is 1. The van der Waals surface area contributed by atoms with E-state index in [0.717, 1.165) is 6.54 Å². The van der Waals surface area contributed by atoms with Gasteiger partial charge in [-0.3, -0.25) is 4.79 Å². The number of carbonyl (C=O) groups excluding carboxylic acids is 1. The summed E-state index contributed by atoms with van der Waals surface area (Å²) >= 11 is 0. The molecule has 0 spiro atoms. The van der Waals surface area contributed by atoms with Crippen LogP contribution in [-0.4, -0.2) is 30.1 Å². The van der Waals surface area contributed by atoms with Crippen LogP contribution < -0.4 is 16.4 Å². The van der Waals surface area contributed by atoms with E-state index in [9.17, 15) is 4.79 Å². The topological polar surface area (TPSA) is 67.2 Å². The fourth-order valence-corrected chi connectivity index (χ4v) is 3.43. The molecular weight excluding hydrogens is 226 g/mol. The summed E-state index contributed by atoms with van der Waals surface area (Å²) in [6.45, 7) is 4.92. The molecule has 104 valence electrons. The molecule has 4 heteroatoms. The Kier molecular flexibility index (Phi) is 4.28. The fourth-order valence-electron chi connectivity index (χ4n) is 3.43. The molecule has 0 radical (unpaired) electrons. The van der Waals surface area contributed by atoms with Crippen LogP contribution >= 0.6 is 0 Å². The maximum atomic E-state index is 11.4. The number of hydrogen-bond acceptors (Lipinski definition) is 3. The highest BCUT2D eigenvalue weighted by Crippen LogP contribution is 2.32. The number of primary amides is 1. The Morgan fingerprint density at radius 3 is 2.61 bits per heavy atom. The summed E-state index contributed by atoms with van der Waals surface area (Å²) in [7, 11) is 0. The first-order valence-corrected chi connectivity index (χ1v) is 7.32. The second-order valence-corrected chi connectivity index (χ2v) is 6.39. The first-order valence-electron chi connectivity index (χ1n) is 7.32. The first-order chi connectivity index (χ1) is 8.50. The average molecular weight is 253 g/mol. The molecule has 1 saturated heterocycles. The van der Waals surface area contributed by atoms with Gasteiger partial charge in [-0.15, -0.1) is 0 Å². The van der Waals surface area contributed by atoms with Crippen LogP contribution in [0, 0.1) is 5.92 Å². The molecule has 1 amide bonds. The summed E-state index contributed by atoms with van der Waals surface area (Å²) in [4.78, 5) is 11.4. The molecule has 1 aliphatic heterocycles. The molecule has 3 unspecified atom stereocenters. The minimum absolute atomic E-state index is 0.259. The van der Waals surface area contributed by atoms with Crippen LogP contribution in [0.5, 0.6) is 0 Å². The van der Waals surface area contributed by atoms with E-state index in [0.29, 0.717) is 18.0 Å². The minimum Gasteiger partial charge on any atom is -0.368 e. The Morgan fingerprint density at radius 1 is 1.22 bits per heavy atom. The van der Waals surface area contributed by atoms with E-state index in [1.807, 2.05) is 13.8 Å². The molecule has 2 fully saturated rings. The zero-order valence-electron chi connectivity index (χ0n) is 11.7. The lowest BCUT2D eigenvalue weighted by Gasteiger charge is -2.36. The number of nitrogens with two attached hydrogens (primary N) is 1. The van der Waals surface area contributed by atoms with Gasteiger partial charge in [0, 0.05) is 12.1 Å². The summed E-state index contributed by atoms with van der Waals surface area (Å²) in [6, 6.07) is 1.06. The van der Waals surface area contributed by atoms with Gasteiger partial charge in [-0.2, -0.15) is 0 Å². The molecule has 1 saturated carbocycles. The quantitative estimate of drug-likeness (QED) is 0.704. The highest BCUT2D eigenvalue weighted by atomic mass is 16.1. The van der Waals surface area contributed by atoms with Crippen molar-refractivity contribution in [2.75, 3.05) is 6.54 Å². The lowest BCUT2D eigenvalue weighted by atomic mass is 9.87. The van der Waals surface area contributed by atoms with E-state index in [4.69, 9.17) is 5.73 Å². The molecule has 0 aromatic rings. The smallest absolute Gasteiger partial charge is 0.237 e. The standard InChI is InChI=1S/C14H27N3O/c1-14(2,13(15)18)17-12-8-5-6-10(12)11-7-3-4-9-16-11/h10-12,16-17H,3-9H2,1-2H3,(H2,15,18). The Morgan fingerprint density at radius 2 is 2.00 bits per heavy atom. The van der Waals surface area contributed by atoms with E-state index in [1.54, 1.807) is 0 Å². The summed E-state index contributed by atoms with van der Waals surface area (Å²) in [5, 5.41) is 7.14. The fraction of sp³-hybridized carbons (Fsp3) is 0.929. The van der Waals surface area contributed by atoms with Crippen molar-refractivity contribution in [3.8, 4) is 0 Å². The molecule has 2 rings (SSSR count). The normalized spacial score (nSPS) is 33.6.